The lowest BCUT2D eigenvalue weighted by molar-refractivity contribution is 0.546. The van der Waals surface area contributed by atoms with E-state index in [1.807, 2.05) is 18.7 Å². The summed E-state index contributed by atoms with van der Waals surface area (Å²) in [6, 6.07) is 0.307. The van der Waals surface area contributed by atoms with Gasteiger partial charge in [-0.25, -0.2) is 14.6 Å². The molecule has 0 amide bonds. The summed E-state index contributed by atoms with van der Waals surface area (Å²) >= 11 is 0. The van der Waals surface area contributed by atoms with Crippen LogP contribution in [0, 0.1) is 6.92 Å². The van der Waals surface area contributed by atoms with Crippen molar-refractivity contribution in [2.45, 2.75) is 26.8 Å². The van der Waals surface area contributed by atoms with E-state index in [2.05, 4.69) is 34.2 Å². The monoisotopic (exact) mass is 205 g/mol. The van der Waals surface area contributed by atoms with Gasteiger partial charge < -0.3 is 5.32 Å². The minimum atomic E-state index is 0.307. The molecule has 0 aliphatic heterocycles. The Hall–Kier alpha value is -1.65. The first kappa shape index (κ1) is 9.89. The summed E-state index contributed by atoms with van der Waals surface area (Å²) < 4.78 is 1.91. The molecule has 15 heavy (non-hydrogen) atoms. The molecule has 0 aliphatic rings. The van der Waals surface area contributed by atoms with Crippen molar-refractivity contribution in [2.75, 3.05) is 12.4 Å². The summed E-state index contributed by atoms with van der Waals surface area (Å²) in [6.45, 7) is 6.06. The van der Waals surface area contributed by atoms with Gasteiger partial charge in [0.05, 0.1) is 11.6 Å². The largest absolute Gasteiger partial charge is 0.372 e. The van der Waals surface area contributed by atoms with Crippen LogP contribution in [0.5, 0.6) is 0 Å². The van der Waals surface area contributed by atoms with E-state index in [1.54, 1.807) is 6.20 Å². The topological polar surface area (TPSA) is 55.6 Å². The lowest BCUT2D eigenvalue weighted by Crippen LogP contribution is -2.05. The van der Waals surface area contributed by atoms with E-state index in [0.29, 0.717) is 6.04 Å². The Kier molecular flexibility index (Phi) is 2.30. The second-order valence-corrected chi connectivity index (χ2v) is 3.79. The summed E-state index contributed by atoms with van der Waals surface area (Å²) in [4.78, 5) is 8.73. The van der Waals surface area contributed by atoms with Crippen LogP contribution in [0.1, 0.15) is 25.7 Å². The second kappa shape index (κ2) is 3.49. The Bertz CT molecular complexity index is 486. The van der Waals surface area contributed by atoms with Crippen LogP contribution in [0.15, 0.2) is 6.20 Å². The number of fused-ring (bicyclic) bond motifs is 1. The molecule has 2 aromatic heterocycles. The van der Waals surface area contributed by atoms with Crippen molar-refractivity contribution >= 4 is 16.9 Å². The third-order valence-electron chi connectivity index (χ3n) is 2.29. The summed E-state index contributed by atoms with van der Waals surface area (Å²) in [5.41, 5.74) is 0.891. The number of nitrogens with one attached hydrogen (secondary N) is 1. The Morgan fingerprint density at radius 1 is 1.33 bits per heavy atom. The summed E-state index contributed by atoms with van der Waals surface area (Å²) in [7, 11) is 1.86. The lowest BCUT2D eigenvalue weighted by atomic mass is 10.3. The quantitative estimate of drug-likeness (QED) is 0.811. The zero-order valence-electron chi connectivity index (χ0n) is 9.44. The SMILES string of the molecule is CNc1nc(C)nc2c1cnn2C(C)C. The van der Waals surface area contributed by atoms with Crippen LogP contribution in [0.25, 0.3) is 11.0 Å². The first-order valence-corrected chi connectivity index (χ1v) is 5.03. The van der Waals surface area contributed by atoms with Crippen molar-refractivity contribution in [2.24, 2.45) is 0 Å². The smallest absolute Gasteiger partial charge is 0.163 e. The van der Waals surface area contributed by atoms with Crippen LogP contribution < -0.4 is 5.32 Å². The fourth-order valence-corrected chi connectivity index (χ4v) is 1.60. The third kappa shape index (κ3) is 1.54. The van der Waals surface area contributed by atoms with Crippen LogP contribution in [0.3, 0.4) is 0 Å². The molecule has 0 fully saturated rings. The van der Waals surface area contributed by atoms with E-state index in [0.717, 1.165) is 22.7 Å². The molecule has 0 aromatic carbocycles. The summed E-state index contributed by atoms with van der Waals surface area (Å²) in [5.74, 6) is 1.60. The Labute approximate surface area is 88.5 Å². The van der Waals surface area contributed by atoms with Gasteiger partial charge in [-0.1, -0.05) is 0 Å². The van der Waals surface area contributed by atoms with Gasteiger partial charge in [0.1, 0.15) is 11.6 Å². The van der Waals surface area contributed by atoms with Gasteiger partial charge in [0.15, 0.2) is 5.65 Å². The van der Waals surface area contributed by atoms with E-state index in [-0.39, 0.29) is 0 Å². The number of nitrogens with zero attached hydrogens (tertiary/aromatic N) is 4. The highest BCUT2D eigenvalue weighted by atomic mass is 15.3. The molecule has 0 unspecified atom stereocenters. The zero-order valence-corrected chi connectivity index (χ0v) is 9.44. The number of hydrogen-bond donors (Lipinski definition) is 1. The molecular weight excluding hydrogens is 190 g/mol. The number of aromatic nitrogens is 4. The zero-order chi connectivity index (χ0) is 11.0. The van der Waals surface area contributed by atoms with Crippen LogP contribution in [-0.4, -0.2) is 26.8 Å². The molecule has 80 valence electrons. The van der Waals surface area contributed by atoms with Gasteiger partial charge in [0, 0.05) is 13.1 Å². The first-order chi connectivity index (χ1) is 7.13. The minimum Gasteiger partial charge on any atom is -0.372 e. The van der Waals surface area contributed by atoms with Gasteiger partial charge in [-0.3, -0.25) is 0 Å². The van der Waals surface area contributed by atoms with E-state index in [1.165, 1.54) is 0 Å². The van der Waals surface area contributed by atoms with Gasteiger partial charge in [-0.2, -0.15) is 5.10 Å². The van der Waals surface area contributed by atoms with E-state index in [9.17, 15) is 0 Å². The fraction of sp³-hybridized carbons (Fsp3) is 0.500. The van der Waals surface area contributed by atoms with Gasteiger partial charge in [-0.05, 0) is 20.8 Å². The second-order valence-electron chi connectivity index (χ2n) is 3.79. The summed E-state index contributed by atoms with van der Waals surface area (Å²) in [6.07, 6.45) is 1.81. The average molecular weight is 205 g/mol. The van der Waals surface area contributed by atoms with E-state index in [4.69, 9.17) is 0 Å². The molecule has 2 rings (SSSR count). The van der Waals surface area contributed by atoms with Gasteiger partial charge in [0.25, 0.3) is 0 Å². The van der Waals surface area contributed by atoms with Crippen LogP contribution >= 0.6 is 0 Å². The van der Waals surface area contributed by atoms with E-state index < -0.39 is 0 Å². The van der Waals surface area contributed by atoms with Crippen molar-refractivity contribution in [3.05, 3.63) is 12.0 Å². The molecule has 0 aliphatic carbocycles. The van der Waals surface area contributed by atoms with Crippen molar-refractivity contribution in [3.63, 3.8) is 0 Å². The van der Waals surface area contributed by atoms with Gasteiger partial charge >= 0.3 is 0 Å². The molecule has 1 N–H and O–H groups in total. The Balaban J connectivity index is 2.75. The lowest BCUT2D eigenvalue weighted by Gasteiger charge is -2.07. The number of rotatable bonds is 2. The maximum atomic E-state index is 4.41. The van der Waals surface area contributed by atoms with Crippen LogP contribution in [-0.2, 0) is 0 Å². The molecule has 0 radical (unpaired) electrons. The third-order valence-corrected chi connectivity index (χ3v) is 2.29. The highest BCUT2D eigenvalue weighted by molar-refractivity contribution is 5.86. The van der Waals surface area contributed by atoms with E-state index >= 15 is 0 Å². The van der Waals surface area contributed by atoms with Crippen molar-refractivity contribution in [1.82, 2.24) is 19.7 Å². The minimum absolute atomic E-state index is 0.307. The number of aryl methyl sites for hydroxylation is 1. The molecule has 2 heterocycles. The average Bonchev–Trinajstić information content (AvgIpc) is 2.59. The predicted molar refractivity (Wildman–Crippen MR) is 60.0 cm³/mol. The van der Waals surface area contributed by atoms with Gasteiger partial charge in [-0.15, -0.1) is 0 Å². The van der Waals surface area contributed by atoms with Crippen LogP contribution in [0.2, 0.25) is 0 Å². The maximum absolute atomic E-state index is 4.41. The van der Waals surface area contributed by atoms with Crippen molar-refractivity contribution in [3.8, 4) is 0 Å². The predicted octanol–water partition coefficient (Wildman–Crippen LogP) is 1.76. The molecule has 2 aromatic rings. The van der Waals surface area contributed by atoms with Crippen LogP contribution in [0.4, 0.5) is 5.82 Å². The first-order valence-electron chi connectivity index (χ1n) is 5.03. The molecule has 0 saturated heterocycles. The van der Waals surface area contributed by atoms with Crippen molar-refractivity contribution in [1.29, 1.82) is 0 Å². The normalized spacial score (nSPS) is 11.3. The Morgan fingerprint density at radius 3 is 2.67 bits per heavy atom. The maximum Gasteiger partial charge on any atom is 0.163 e. The molecule has 5 nitrogen and oxygen atoms in total. The fourth-order valence-electron chi connectivity index (χ4n) is 1.60. The highest BCUT2D eigenvalue weighted by Crippen LogP contribution is 2.21. The number of hydrogen-bond acceptors (Lipinski definition) is 4. The number of anilines is 1. The van der Waals surface area contributed by atoms with Crippen molar-refractivity contribution < 1.29 is 0 Å². The molecule has 0 atom stereocenters. The summed E-state index contributed by atoms with van der Waals surface area (Å²) in [5, 5.41) is 8.35. The van der Waals surface area contributed by atoms with Gasteiger partial charge in [0.2, 0.25) is 0 Å². The standard InChI is InChI=1S/C10H15N5/c1-6(2)15-10-8(5-12-15)9(11-4)13-7(3)14-10/h5-6H,1-4H3,(H,11,13,14). The molecule has 5 heteroatoms. The highest BCUT2D eigenvalue weighted by Gasteiger charge is 2.11. The molecule has 0 bridgehead atoms. The Morgan fingerprint density at radius 2 is 2.07 bits per heavy atom. The molecule has 0 spiro atoms. The molecular formula is C10H15N5. The molecule has 0 saturated carbocycles.